The third-order valence-corrected chi connectivity index (χ3v) is 5.51. The smallest absolute Gasteiger partial charge is 0.231 e. The fourth-order valence-corrected chi connectivity index (χ4v) is 4.51. The van der Waals surface area contributed by atoms with Crippen molar-refractivity contribution in [3.8, 4) is 0 Å². The van der Waals surface area contributed by atoms with Crippen molar-refractivity contribution in [3.05, 3.63) is 70.8 Å². The summed E-state index contributed by atoms with van der Waals surface area (Å²) >= 11 is 0. The molecule has 1 aliphatic carbocycles. The molecule has 1 fully saturated rings. The van der Waals surface area contributed by atoms with Crippen LogP contribution >= 0.6 is 0 Å². The Balaban J connectivity index is 1.50. The Morgan fingerprint density at radius 3 is 2.05 bits per heavy atom. The number of fused-ring (bicyclic) bond motifs is 6. The van der Waals surface area contributed by atoms with E-state index in [0.29, 0.717) is 18.0 Å². The molecule has 21 heavy (non-hydrogen) atoms. The van der Waals surface area contributed by atoms with E-state index in [4.69, 9.17) is 0 Å². The summed E-state index contributed by atoms with van der Waals surface area (Å²) in [5.41, 5.74) is 5.36. The third-order valence-electron chi connectivity index (χ3n) is 5.51. The number of hydrogen-bond acceptors (Lipinski definition) is 1. The summed E-state index contributed by atoms with van der Waals surface area (Å²) in [6.45, 7) is 0. The maximum atomic E-state index is 13.0. The molecule has 2 heteroatoms. The van der Waals surface area contributed by atoms with Crippen molar-refractivity contribution < 1.29 is 4.79 Å². The highest BCUT2D eigenvalue weighted by molar-refractivity contribution is 5.88. The van der Waals surface area contributed by atoms with Gasteiger partial charge in [0, 0.05) is 0 Å². The van der Waals surface area contributed by atoms with Crippen LogP contribution in [-0.4, -0.2) is 10.8 Å². The standard InChI is InChI=1S/C19H17NO/c21-19(16-11-12-5-1-2-6-13(12)16)20-17-9-10-18(20)15-8-4-3-7-14(15)17/h1-8,16-18H,9-11H2. The van der Waals surface area contributed by atoms with Crippen LogP contribution in [0, 0.1) is 0 Å². The number of rotatable bonds is 1. The minimum absolute atomic E-state index is 0.0959. The van der Waals surface area contributed by atoms with Crippen molar-refractivity contribution in [2.24, 2.45) is 0 Å². The van der Waals surface area contributed by atoms with Crippen LogP contribution in [0.4, 0.5) is 0 Å². The number of amides is 1. The Hall–Kier alpha value is -2.09. The zero-order valence-electron chi connectivity index (χ0n) is 11.8. The predicted molar refractivity (Wildman–Crippen MR) is 80.9 cm³/mol. The van der Waals surface area contributed by atoms with Gasteiger partial charge in [0.1, 0.15) is 0 Å². The largest absolute Gasteiger partial charge is 0.328 e. The highest BCUT2D eigenvalue weighted by Gasteiger charge is 2.49. The molecule has 3 atom stereocenters. The summed E-state index contributed by atoms with van der Waals surface area (Å²) < 4.78 is 0. The molecule has 0 N–H and O–H groups in total. The quantitative estimate of drug-likeness (QED) is 0.776. The van der Waals surface area contributed by atoms with E-state index in [9.17, 15) is 4.79 Å². The molecule has 0 aromatic heterocycles. The van der Waals surface area contributed by atoms with E-state index in [1.807, 2.05) is 6.07 Å². The average Bonchev–Trinajstić information content (AvgIpc) is 3.05. The van der Waals surface area contributed by atoms with Crippen molar-refractivity contribution in [2.45, 2.75) is 37.3 Å². The summed E-state index contributed by atoms with van der Waals surface area (Å²) in [7, 11) is 0. The number of hydrogen-bond donors (Lipinski definition) is 0. The van der Waals surface area contributed by atoms with Crippen LogP contribution < -0.4 is 0 Å². The molecule has 0 spiro atoms. The van der Waals surface area contributed by atoms with Gasteiger partial charge in [0.2, 0.25) is 5.91 Å². The molecular weight excluding hydrogens is 258 g/mol. The number of benzene rings is 2. The topological polar surface area (TPSA) is 20.3 Å². The van der Waals surface area contributed by atoms with Crippen molar-refractivity contribution >= 4 is 5.91 Å². The maximum absolute atomic E-state index is 13.0. The van der Waals surface area contributed by atoms with Crippen LogP contribution in [0.2, 0.25) is 0 Å². The van der Waals surface area contributed by atoms with Gasteiger partial charge < -0.3 is 4.90 Å². The normalized spacial score (nSPS) is 28.0. The third kappa shape index (κ3) is 1.40. The van der Waals surface area contributed by atoms with Gasteiger partial charge in [-0.3, -0.25) is 4.79 Å². The Morgan fingerprint density at radius 2 is 1.43 bits per heavy atom. The first kappa shape index (κ1) is 11.6. The molecule has 2 aliphatic heterocycles. The molecule has 2 aromatic carbocycles. The first-order chi connectivity index (χ1) is 10.3. The Kier molecular flexibility index (Phi) is 2.19. The Morgan fingerprint density at radius 1 is 0.857 bits per heavy atom. The molecule has 2 aromatic rings. The van der Waals surface area contributed by atoms with E-state index >= 15 is 0 Å². The summed E-state index contributed by atoms with van der Waals surface area (Å²) in [6.07, 6.45) is 3.17. The van der Waals surface area contributed by atoms with Gasteiger partial charge in [-0.25, -0.2) is 0 Å². The molecule has 3 aliphatic rings. The van der Waals surface area contributed by atoms with Gasteiger partial charge >= 0.3 is 0 Å². The Labute approximate surface area is 124 Å². The first-order valence-corrected chi connectivity index (χ1v) is 7.83. The van der Waals surface area contributed by atoms with Crippen LogP contribution in [0.25, 0.3) is 0 Å². The van der Waals surface area contributed by atoms with Crippen LogP contribution in [0.5, 0.6) is 0 Å². The second-order valence-electron chi connectivity index (χ2n) is 6.44. The van der Waals surface area contributed by atoms with E-state index in [2.05, 4.69) is 47.4 Å². The fourth-order valence-electron chi connectivity index (χ4n) is 4.51. The molecular formula is C19H17NO. The molecule has 0 radical (unpaired) electrons. The van der Waals surface area contributed by atoms with Gasteiger partial charge in [-0.2, -0.15) is 0 Å². The summed E-state index contributed by atoms with van der Waals surface area (Å²) in [6, 6.07) is 17.6. The van der Waals surface area contributed by atoms with Gasteiger partial charge in [-0.05, 0) is 41.5 Å². The van der Waals surface area contributed by atoms with Gasteiger partial charge in [0.15, 0.2) is 0 Å². The van der Waals surface area contributed by atoms with Crippen LogP contribution in [-0.2, 0) is 11.2 Å². The fraction of sp³-hybridized carbons (Fsp3) is 0.316. The lowest BCUT2D eigenvalue weighted by molar-refractivity contribution is -0.135. The second-order valence-corrected chi connectivity index (χ2v) is 6.44. The second kappa shape index (κ2) is 3.97. The SMILES string of the molecule is O=C(C1Cc2ccccc21)N1C2CCC1c1ccccc12. The van der Waals surface area contributed by atoms with Crippen molar-refractivity contribution in [1.82, 2.24) is 4.90 Å². The molecule has 1 amide bonds. The number of nitrogens with zero attached hydrogens (tertiary/aromatic N) is 1. The van der Waals surface area contributed by atoms with Crippen LogP contribution in [0.15, 0.2) is 48.5 Å². The molecule has 5 rings (SSSR count). The van der Waals surface area contributed by atoms with E-state index in [-0.39, 0.29) is 5.92 Å². The highest BCUT2D eigenvalue weighted by Crippen LogP contribution is 2.54. The van der Waals surface area contributed by atoms with Crippen LogP contribution in [0.3, 0.4) is 0 Å². The minimum Gasteiger partial charge on any atom is -0.328 e. The lowest BCUT2D eigenvalue weighted by Gasteiger charge is -2.34. The molecule has 2 nitrogen and oxygen atoms in total. The minimum atomic E-state index is 0.0959. The first-order valence-electron chi connectivity index (χ1n) is 7.83. The zero-order chi connectivity index (χ0) is 14.0. The number of carbonyl (C=O) groups excluding carboxylic acids is 1. The van der Waals surface area contributed by atoms with E-state index in [0.717, 1.165) is 19.3 Å². The zero-order valence-corrected chi connectivity index (χ0v) is 11.8. The van der Waals surface area contributed by atoms with E-state index in [1.54, 1.807) is 0 Å². The summed E-state index contributed by atoms with van der Waals surface area (Å²) in [5, 5.41) is 0. The molecule has 104 valence electrons. The predicted octanol–water partition coefficient (Wildman–Crippen LogP) is 3.74. The maximum Gasteiger partial charge on any atom is 0.231 e. The summed E-state index contributed by atoms with van der Waals surface area (Å²) in [5.74, 6) is 0.441. The van der Waals surface area contributed by atoms with Gasteiger partial charge in [0.05, 0.1) is 18.0 Å². The monoisotopic (exact) mass is 275 g/mol. The molecule has 2 bridgehead atoms. The molecule has 3 unspecified atom stereocenters. The molecule has 2 heterocycles. The molecule has 1 saturated heterocycles. The highest BCUT2D eigenvalue weighted by atomic mass is 16.2. The Bertz CT molecular complexity index is 720. The molecule has 0 saturated carbocycles. The van der Waals surface area contributed by atoms with Crippen molar-refractivity contribution in [3.63, 3.8) is 0 Å². The van der Waals surface area contributed by atoms with Gasteiger partial charge in [-0.15, -0.1) is 0 Å². The van der Waals surface area contributed by atoms with Crippen molar-refractivity contribution in [1.29, 1.82) is 0 Å². The summed E-state index contributed by atoms with van der Waals surface area (Å²) in [4.78, 5) is 15.2. The van der Waals surface area contributed by atoms with Gasteiger partial charge in [-0.1, -0.05) is 48.5 Å². The van der Waals surface area contributed by atoms with Gasteiger partial charge in [0.25, 0.3) is 0 Å². The number of carbonyl (C=O) groups is 1. The van der Waals surface area contributed by atoms with E-state index in [1.165, 1.54) is 22.3 Å². The lowest BCUT2D eigenvalue weighted by atomic mass is 9.76. The lowest BCUT2D eigenvalue weighted by Crippen LogP contribution is -2.37. The van der Waals surface area contributed by atoms with Crippen molar-refractivity contribution in [2.75, 3.05) is 0 Å². The van der Waals surface area contributed by atoms with Crippen LogP contribution in [0.1, 0.15) is 53.1 Å². The van der Waals surface area contributed by atoms with E-state index < -0.39 is 0 Å². The average molecular weight is 275 g/mol.